The Hall–Kier alpha value is -2.14. The summed E-state index contributed by atoms with van der Waals surface area (Å²) in [6, 6.07) is 10.3. The molecule has 1 aliphatic rings. The fraction of sp³-hybridized carbons (Fsp3) is 0.364. The molecule has 0 aromatic heterocycles. The molecule has 3 rings (SSSR count). The van der Waals surface area contributed by atoms with Crippen LogP contribution in [0.5, 0.6) is 0 Å². The van der Waals surface area contributed by atoms with E-state index in [4.69, 9.17) is 0 Å². The third-order valence-corrected chi connectivity index (χ3v) is 4.80. The molecule has 0 spiro atoms. The Morgan fingerprint density at radius 1 is 1.08 bits per heavy atom. The van der Waals surface area contributed by atoms with Crippen LogP contribution in [0.25, 0.3) is 0 Å². The highest BCUT2D eigenvalue weighted by atomic mass is 19.2. The van der Waals surface area contributed by atoms with Gasteiger partial charge in [-0.25, -0.2) is 8.78 Å². The normalized spacial score (nSPS) is 16.2. The highest BCUT2D eigenvalue weighted by molar-refractivity contribution is 5.46. The Morgan fingerprint density at radius 3 is 2.79 bits per heavy atom. The van der Waals surface area contributed by atoms with Gasteiger partial charge in [0, 0.05) is 5.56 Å². The van der Waals surface area contributed by atoms with Crippen molar-refractivity contribution in [1.82, 2.24) is 0 Å². The van der Waals surface area contributed by atoms with Crippen molar-refractivity contribution in [2.75, 3.05) is 0 Å². The van der Waals surface area contributed by atoms with E-state index in [1.807, 2.05) is 6.07 Å². The number of fused-ring (bicyclic) bond motifs is 1. The summed E-state index contributed by atoms with van der Waals surface area (Å²) in [5, 5.41) is 0. The number of unbranched alkanes of at least 4 members (excludes halogenated alkanes) is 1. The van der Waals surface area contributed by atoms with Crippen LogP contribution in [0.1, 0.15) is 54.9 Å². The van der Waals surface area contributed by atoms with Gasteiger partial charge in [0.15, 0.2) is 11.6 Å². The Bertz CT molecular complexity index is 780. The van der Waals surface area contributed by atoms with Crippen LogP contribution in [0.4, 0.5) is 8.78 Å². The zero-order valence-corrected chi connectivity index (χ0v) is 14.0. The van der Waals surface area contributed by atoms with Crippen LogP contribution >= 0.6 is 0 Å². The van der Waals surface area contributed by atoms with Crippen LogP contribution in [0.3, 0.4) is 0 Å². The average molecular weight is 324 g/mol. The number of rotatable bonds is 3. The summed E-state index contributed by atoms with van der Waals surface area (Å²) in [4.78, 5) is 0. The molecule has 0 fully saturated rings. The largest absolute Gasteiger partial charge is 0.204 e. The zero-order chi connectivity index (χ0) is 16.9. The molecule has 1 aliphatic carbocycles. The second-order valence-electron chi connectivity index (χ2n) is 6.59. The van der Waals surface area contributed by atoms with E-state index in [2.05, 4.69) is 30.9 Å². The summed E-state index contributed by atoms with van der Waals surface area (Å²) in [5.74, 6) is 4.79. The molecular formula is C22H22F2. The first-order valence-electron chi connectivity index (χ1n) is 8.75. The molecule has 1 unspecified atom stereocenters. The highest BCUT2D eigenvalue weighted by Gasteiger charge is 2.18. The van der Waals surface area contributed by atoms with E-state index in [9.17, 15) is 8.78 Å². The van der Waals surface area contributed by atoms with Crippen LogP contribution in [0.15, 0.2) is 36.4 Å². The second-order valence-corrected chi connectivity index (χ2v) is 6.59. The molecule has 124 valence electrons. The van der Waals surface area contributed by atoms with Gasteiger partial charge in [0.25, 0.3) is 0 Å². The molecule has 0 radical (unpaired) electrons. The van der Waals surface area contributed by atoms with Crippen LogP contribution in [0.2, 0.25) is 0 Å². The quantitative estimate of drug-likeness (QED) is 0.639. The Morgan fingerprint density at radius 2 is 1.96 bits per heavy atom. The minimum absolute atomic E-state index is 0.104. The molecule has 0 bridgehead atoms. The smallest absolute Gasteiger partial charge is 0.174 e. The van der Waals surface area contributed by atoms with Crippen LogP contribution in [-0.2, 0) is 12.8 Å². The molecule has 0 nitrogen and oxygen atoms in total. The van der Waals surface area contributed by atoms with E-state index in [1.54, 1.807) is 0 Å². The molecule has 0 saturated carbocycles. The van der Waals surface area contributed by atoms with Gasteiger partial charge in [-0.1, -0.05) is 50.2 Å². The number of hydrogen-bond acceptors (Lipinski definition) is 0. The fourth-order valence-corrected chi connectivity index (χ4v) is 3.39. The number of hydrogen-bond donors (Lipinski definition) is 0. The number of halogens is 2. The lowest BCUT2D eigenvalue weighted by molar-refractivity contribution is 0.413. The van der Waals surface area contributed by atoms with Gasteiger partial charge in [-0.15, -0.1) is 0 Å². The lowest BCUT2D eigenvalue weighted by Crippen LogP contribution is -2.14. The first-order valence-corrected chi connectivity index (χ1v) is 8.75. The topological polar surface area (TPSA) is 0 Å². The molecule has 0 heterocycles. The SMILES string of the molecule is CCCCC1CCc2cc(C#Cc3cccc(F)c3F)ccc2C1. The van der Waals surface area contributed by atoms with Crippen molar-refractivity contribution in [3.8, 4) is 11.8 Å². The van der Waals surface area contributed by atoms with Crippen molar-refractivity contribution in [3.63, 3.8) is 0 Å². The van der Waals surface area contributed by atoms with Crippen molar-refractivity contribution in [1.29, 1.82) is 0 Å². The highest BCUT2D eigenvalue weighted by Crippen LogP contribution is 2.29. The van der Waals surface area contributed by atoms with Crippen LogP contribution < -0.4 is 0 Å². The molecule has 0 amide bonds. The van der Waals surface area contributed by atoms with E-state index in [0.29, 0.717) is 0 Å². The molecular weight excluding hydrogens is 302 g/mol. The second kappa shape index (κ2) is 7.62. The van der Waals surface area contributed by atoms with Gasteiger partial charge in [-0.05, 0) is 60.6 Å². The molecule has 0 N–H and O–H groups in total. The molecule has 2 aromatic carbocycles. The molecule has 2 aromatic rings. The summed E-state index contributed by atoms with van der Waals surface area (Å²) in [5.41, 5.74) is 3.75. The zero-order valence-electron chi connectivity index (χ0n) is 14.0. The predicted molar refractivity (Wildman–Crippen MR) is 93.8 cm³/mol. The maximum atomic E-state index is 13.6. The monoisotopic (exact) mass is 324 g/mol. The van der Waals surface area contributed by atoms with Gasteiger partial charge in [-0.2, -0.15) is 0 Å². The van der Waals surface area contributed by atoms with Crippen LogP contribution in [-0.4, -0.2) is 0 Å². The summed E-state index contributed by atoms with van der Waals surface area (Å²) in [7, 11) is 0. The fourth-order valence-electron chi connectivity index (χ4n) is 3.39. The summed E-state index contributed by atoms with van der Waals surface area (Å²) in [6.45, 7) is 2.24. The Kier molecular flexibility index (Phi) is 5.30. The van der Waals surface area contributed by atoms with E-state index < -0.39 is 11.6 Å². The molecule has 0 aliphatic heterocycles. The number of aryl methyl sites for hydroxylation is 1. The molecule has 24 heavy (non-hydrogen) atoms. The van der Waals surface area contributed by atoms with Gasteiger partial charge in [0.05, 0.1) is 5.56 Å². The summed E-state index contributed by atoms with van der Waals surface area (Å²) < 4.78 is 26.9. The maximum absolute atomic E-state index is 13.6. The van der Waals surface area contributed by atoms with E-state index in [-0.39, 0.29) is 5.56 Å². The first kappa shape index (κ1) is 16.7. The van der Waals surface area contributed by atoms with Gasteiger partial charge in [0.2, 0.25) is 0 Å². The third-order valence-electron chi connectivity index (χ3n) is 4.80. The average Bonchev–Trinajstić information content (AvgIpc) is 2.61. The van der Waals surface area contributed by atoms with E-state index in [1.165, 1.54) is 48.9 Å². The molecule has 1 atom stereocenters. The van der Waals surface area contributed by atoms with Crippen LogP contribution in [0, 0.1) is 29.4 Å². The maximum Gasteiger partial charge on any atom is 0.174 e. The minimum atomic E-state index is -0.873. The standard InChI is InChI=1S/C22H22F2/c1-2-3-5-16-9-12-20-15-17(10-13-19(20)14-16)8-11-18-6-4-7-21(23)22(18)24/h4,6-7,10,13,15-16H,2-3,5,9,12,14H2,1H3. The Balaban J connectivity index is 1.76. The molecule has 2 heteroatoms. The Labute approximate surface area is 142 Å². The van der Waals surface area contributed by atoms with Gasteiger partial charge >= 0.3 is 0 Å². The summed E-state index contributed by atoms with van der Waals surface area (Å²) in [6.07, 6.45) is 7.37. The lowest BCUT2D eigenvalue weighted by Gasteiger charge is -2.24. The molecule has 0 saturated heterocycles. The van der Waals surface area contributed by atoms with E-state index >= 15 is 0 Å². The lowest BCUT2D eigenvalue weighted by atomic mass is 9.81. The van der Waals surface area contributed by atoms with Crippen molar-refractivity contribution >= 4 is 0 Å². The number of benzene rings is 2. The predicted octanol–water partition coefficient (Wildman–Crippen LogP) is 5.66. The van der Waals surface area contributed by atoms with E-state index in [0.717, 1.165) is 30.4 Å². The third kappa shape index (κ3) is 3.85. The minimum Gasteiger partial charge on any atom is -0.204 e. The first-order chi connectivity index (χ1) is 11.7. The van der Waals surface area contributed by atoms with Crippen molar-refractivity contribution in [2.24, 2.45) is 5.92 Å². The van der Waals surface area contributed by atoms with Gasteiger partial charge < -0.3 is 0 Å². The van der Waals surface area contributed by atoms with Gasteiger partial charge in [-0.3, -0.25) is 0 Å². The van der Waals surface area contributed by atoms with Gasteiger partial charge in [0.1, 0.15) is 0 Å². The summed E-state index contributed by atoms with van der Waals surface area (Å²) >= 11 is 0. The van der Waals surface area contributed by atoms with Crippen molar-refractivity contribution < 1.29 is 8.78 Å². The van der Waals surface area contributed by atoms with Crippen molar-refractivity contribution in [3.05, 3.63) is 70.3 Å². The van der Waals surface area contributed by atoms with Crippen molar-refractivity contribution in [2.45, 2.75) is 45.4 Å².